The molecule has 2 aliphatic heterocycles. The predicted molar refractivity (Wildman–Crippen MR) is 79.7 cm³/mol. The standard InChI is InChI=1S/C15H27N3O2/c1-13(2)17-8-9-20-15(10-17)11-18(12-15)14(19)6-5-7-16(3)4/h5-6,13H,7-12H2,1-4H3/b6-5+. The van der Waals surface area contributed by atoms with Crippen LogP contribution in [0.3, 0.4) is 0 Å². The third-order valence-corrected chi connectivity index (χ3v) is 4.01. The van der Waals surface area contributed by atoms with Gasteiger partial charge in [-0.25, -0.2) is 0 Å². The fraction of sp³-hybridized carbons (Fsp3) is 0.800. The van der Waals surface area contributed by atoms with Crippen molar-refractivity contribution in [3.8, 4) is 0 Å². The summed E-state index contributed by atoms with van der Waals surface area (Å²) in [5.41, 5.74) is -0.117. The summed E-state index contributed by atoms with van der Waals surface area (Å²) >= 11 is 0. The van der Waals surface area contributed by atoms with E-state index in [1.54, 1.807) is 6.08 Å². The van der Waals surface area contributed by atoms with Crippen molar-refractivity contribution in [3.63, 3.8) is 0 Å². The number of carbonyl (C=O) groups is 1. The molecule has 2 saturated heterocycles. The van der Waals surface area contributed by atoms with Crippen LogP contribution in [-0.2, 0) is 9.53 Å². The number of likely N-dealkylation sites (tertiary alicyclic amines) is 1. The molecule has 0 saturated carbocycles. The van der Waals surface area contributed by atoms with Crippen molar-refractivity contribution in [2.75, 3.05) is 53.4 Å². The van der Waals surface area contributed by atoms with E-state index in [9.17, 15) is 4.79 Å². The maximum atomic E-state index is 12.0. The number of hydrogen-bond donors (Lipinski definition) is 0. The third kappa shape index (κ3) is 3.59. The van der Waals surface area contributed by atoms with Crippen molar-refractivity contribution in [1.29, 1.82) is 0 Å². The van der Waals surface area contributed by atoms with Crippen LogP contribution in [0.5, 0.6) is 0 Å². The second-order valence-electron chi connectivity index (χ2n) is 6.45. The lowest BCUT2D eigenvalue weighted by Gasteiger charge is -2.54. The molecule has 1 amide bonds. The first-order valence-corrected chi connectivity index (χ1v) is 7.40. The van der Waals surface area contributed by atoms with Gasteiger partial charge in [0.15, 0.2) is 0 Å². The normalized spacial score (nSPS) is 23.0. The predicted octanol–water partition coefficient (Wildman–Crippen LogP) is 0.426. The topological polar surface area (TPSA) is 36.0 Å². The van der Waals surface area contributed by atoms with Crippen LogP contribution in [0.1, 0.15) is 13.8 Å². The van der Waals surface area contributed by atoms with Crippen LogP contribution in [0.15, 0.2) is 12.2 Å². The van der Waals surface area contributed by atoms with E-state index in [-0.39, 0.29) is 11.5 Å². The Bertz CT molecular complexity index is 373. The molecule has 0 aromatic carbocycles. The van der Waals surface area contributed by atoms with E-state index in [4.69, 9.17) is 4.74 Å². The van der Waals surface area contributed by atoms with E-state index in [1.807, 2.05) is 30.0 Å². The molecule has 0 N–H and O–H groups in total. The third-order valence-electron chi connectivity index (χ3n) is 4.01. The number of carbonyl (C=O) groups excluding carboxylic acids is 1. The number of likely N-dealkylation sites (N-methyl/N-ethyl adjacent to an activating group) is 1. The number of nitrogens with zero attached hydrogens (tertiary/aromatic N) is 3. The highest BCUT2D eigenvalue weighted by Gasteiger charge is 2.48. The van der Waals surface area contributed by atoms with E-state index >= 15 is 0 Å². The Balaban J connectivity index is 1.81. The van der Waals surface area contributed by atoms with E-state index in [0.717, 1.165) is 39.3 Å². The molecule has 0 bridgehead atoms. The minimum absolute atomic E-state index is 0.0998. The molecule has 0 unspecified atom stereocenters. The van der Waals surface area contributed by atoms with E-state index in [2.05, 4.69) is 18.7 Å². The molecular weight excluding hydrogens is 254 g/mol. The Morgan fingerprint density at radius 2 is 2.05 bits per heavy atom. The Morgan fingerprint density at radius 3 is 2.65 bits per heavy atom. The molecule has 5 heteroatoms. The first-order valence-electron chi connectivity index (χ1n) is 7.40. The van der Waals surface area contributed by atoms with Gasteiger partial charge >= 0.3 is 0 Å². The molecule has 0 aliphatic carbocycles. The number of hydrogen-bond acceptors (Lipinski definition) is 4. The quantitative estimate of drug-likeness (QED) is 0.700. The van der Waals surface area contributed by atoms with Gasteiger partial charge in [-0.3, -0.25) is 9.69 Å². The second-order valence-corrected chi connectivity index (χ2v) is 6.45. The van der Waals surface area contributed by atoms with Gasteiger partial charge in [0.05, 0.1) is 19.7 Å². The minimum atomic E-state index is -0.117. The van der Waals surface area contributed by atoms with E-state index in [0.29, 0.717) is 6.04 Å². The molecule has 2 heterocycles. The molecule has 0 aromatic heterocycles. The summed E-state index contributed by atoms with van der Waals surface area (Å²) in [5, 5.41) is 0. The maximum absolute atomic E-state index is 12.0. The van der Waals surface area contributed by atoms with Crippen molar-refractivity contribution in [2.45, 2.75) is 25.5 Å². The van der Waals surface area contributed by atoms with Crippen molar-refractivity contribution in [3.05, 3.63) is 12.2 Å². The summed E-state index contributed by atoms with van der Waals surface area (Å²) in [6.45, 7) is 9.38. The molecule has 0 atom stereocenters. The summed E-state index contributed by atoms with van der Waals surface area (Å²) in [6.07, 6.45) is 3.59. The Hall–Kier alpha value is -0.910. The Morgan fingerprint density at radius 1 is 1.35 bits per heavy atom. The zero-order valence-corrected chi connectivity index (χ0v) is 13.1. The van der Waals surface area contributed by atoms with E-state index in [1.165, 1.54) is 0 Å². The largest absolute Gasteiger partial charge is 0.369 e. The van der Waals surface area contributed by atoms with Crippen LogP contribution < -0.4 is 0 Å². The highest BCUT2D eigenvalue weighted by Crippen LogP contribution is 2.30. The van der Waals surface area contributed by atoms with Crippen molar-refractivity contribution in [2.24, 2.45) is 0 Å². The lowest BCUT2D eigenvalue weighted by Crippen LogP contribution is -2.71. The first-order chi connectivity index (χ1) is 9.42. The Labute approximate surface area is 122 Å². The van der Waals surface area contributed by atoms with Crippen LogP contribution in [0.4, 0.5) is 0 Å². The van der Waals surface area contributed by atoms with Crippen LogP contribution in [0, 0.1) is 0 Å². The Kier molecular flexibility index (Phi) is 4.83. The van der Waals surface area contributed by atoms with Gasteiger partial charge in [-0.2, -0.15) is 0 Å². The molecular formula is C15H27N3O2. The zero-order chi connectivity index (χ0) is 14.8. The molecule has 2 rings (SSSR count). The zero-order valence-electron chi connectivity index (χ0n) is 13.1. The lowest BCUT2D eigenvalue weighted by atomic mass is 9.91. The number of morpholine rings is 1. The highest BCUT2D eigenvalue weighted by molar-refractivity contribution is 5.88. The highest BCUT2D eigenvalue weighted by atomic mass is 16.5. The molecule has 0 aromatic rings. The van der Waals surface area contributed by atoms with Gasteiger partial charge in [0.1, 0.15) is 5.60 Å². The molecule has 2 aliphatic rings. The van der Waals surface area contributed by atoms with Gasteiger partial charge in [-0.15, -0.1) is 0 Å². The maximum Gasteiger partial charge on any atom is 0.246 e. The number of ether oxygens (including phenoxy) is 1. The van der Waals surface area contributed by atoms with Crippen molar-refractivity contribution < 1.29 is 9.53 Å². The summed E-state index contributed by atoms with van der Waals surface area (Å²) < 4.78 is 5.94. The SMILES string of the molecule is CC(C)N1CCOC2(CN(C(=O)/C=C/CN(C)C)C2)C1. The summed E-state index contributed by atoms with van der Waals surface area (Å²) in [6, 6.07) is 0.542. The summed E-state index contributed by atoms with van der Waals surface area (Å²) in [7, 11) is 3.98. The first kappa shape index (κ1) is 15.5. The van der Waals surface area contributed by atoms with Crippen molar-refractivity contribution >= 4 is 5.91 Å². The van der Waals surface area contributed by atoms with Gasteiger partial charge in [-0.05, 0) is 27.9 Å². The molecule has 20 heavy (non-hydrogen) atoms. The molecule has 114 valence electrons. The van der Waals surface area contributed by atoms with Gasteiger partial charge in [0.2, 0.25) is 5.91 Å². The van der Waals surface area contributed by atoms with Crippen LogP contribution in [-0.4, -0.2) is 85.7 Å². The van der Waals surface area contributed by atoms with Crippen molar-refractivity contribution in [1.82, 2.24) is 14.7 Å². The lowest BCUT2D eigenvalue weighted by molar-refractivity contribution is -0.191. The average molecular weight is 281 g/mol. The van der Waals surface area contributed by atoms with E-state index < -0.39 is 0 Å². The number of amides is 1. The van der Waals surface area contributed by atoms with Gasteiger partial charge in [0, 0.05) is 31.8 Å². The fourth-order valence-electron chi connectivity index (χ4n) is 2.78. The average Bonchev–Trinajstić information content (AvgIpc) is 2.35. The second kappa shape index (κ2) is 6.24. The van der Waals surface area contributed by atoms with Crippen LogP contribution in [0.2, 0.25) is 0 Å². The van der Waals surface area contributed by atoms with Gasteiger partial charge in [0.25, 0.3) is 0 Å². The molecule has 5 nitrogen and oxygen atoms in total. The smallest absolute Gasteiger partial charge is 0.246 e. The van der Waals surface area contributed by atoms with Gasteiger partial charge in [-0.1, -0.05) is 6.08 Å². The molecule has 1 spiro atoms. The summed E-state index contributed by atoms with van der Waals surface area (Å²) in [5.74, 6) is 0.0998. The fourth-order valence-corrected chi connectivity index (χ4v) is 2.78. The molecule has 2 fully saturated rings. The number of rotatable bonds is 4. The van der Waals surface area contributed by atoms with Gasteiger partial charge < -0.3 is 14.5 Å². The summed E-state index contributed by atoms with van der Waals surface area (Å²) in [4.78, 5) is 18.3. The minimum Gasteiger partial charge on any atom is -0.369 e. The van der Waals surface area contributed by atoms with Crippen LogP contribution >= 0.6 is 0 Å². The van der Waals surface area contributed by atoms with Crippen LogP contribution in [0.25, 0.3) is 0 Å². The molecule has 0 radical (unpaired) electrons. The monoisotopic (exact) mass is 281 g/mol.